The number of rotatable bonds is 9. The van der Waals surface area contributed by atoms with E-state index in [1.165, 1.54) is 4.90 Å². The first-order valence-electron chi connectivity index (χ1n) is 6.57. The molecule has 0 aliphatic carbocycles. The predicted molar refractivity (Wildman–Crippen MR) is 72.8 cm³/mol. The van der Waals surface area contributed by atoms with E-state index in [1.807, 2.05) is 0 Å². The van der Waals surface area contributed by atoms with Crippen molar-refractivity contribution in [1.82, 2.24) is 10.2 Å². The first-order valence-corrected chi connectivity index (χ1v) is 6.57. The highest BCUT2D eigenvalue weighted by atomic mass is 16.5. The summed E-state index contributed by atoms with van der Waals surface area (Å²) in [5.74, 6) is -0.598. The molecule has 0 saturated heterocycles. The van der Waals surface area contributed by atoms with E-state index in [0.717, 1.165) is 6.42 Å². The Balaban J connectivity index is 4.21. The quantitative estimate of drug-likeness (QED) is 0.613. The van der Waals surface area contributed by atoms with Gasteiger partial charge in [-0.3, -0.25) is 9.59 Å². The third kappa shape index (κ3) is 8.56. The summed E-state index contributed by atoms with van der Waals surface area (Å²) in [6, 6.07) is 0. The number of hydrogen-bond acceptors (Lipinski definition) is 4. The van der Waals surface area contributed by atoms with Crippen LogP contribution in [0, 0.1) is 5.92 Å². The van der Waals surface area contributed by atoms with Crippen LogP contribution in [0.1, 0.15) is 20.3 Å². The Hall–Kier alpha value is -1.14. The maximum atomic E-state index is 11.9. The van der Waals surface area contributed by atoms with Gasteiger partial charge in [0.2, 0.25) is 0 Å². The number of ether oxygens (including phenoxy) is 2. The summed E-state index contributed by atoms with van der Waals surface area (Å²) in [7, 11) is 3.11. The van der Waals surface area contributed by atoms with Gasteiger partial charge in [-0.1, -0.05) is 13.8 Å². The van der Waals surface area contributed by atoms with Crippen molar-refractivity contribution in [3.05, 3.63) is 0 Å². The van der Waals surface area contributed by atoms with E-state index in [4.69, 9.17) is 9.47 Å². The zero-order valence-electron chi connectivity index (χ0n) is 12.4. The lowest BCUT2D eigenvalue weighted by Gasteiger charge is -2.21. The van der Waals surface area contributed by atoms with Gasteiger partial charge < -0.3 is 19.7 Å². The zero-order valence-corrected chi connectivity index (χ0v) is 12.4. The normalized spacial score (nSPS) is 10.6. The lowest BCUT2D eigenvalue weighted by molar-refractivity contribution is -0.146. The Morgan fingerprint density at radius 2 is 1.63 bits per heavy atom. The fraction of sp³-hybridized carbons (Fsp3) is 0.846. The van der Waals surface area contributed by atoms with Crippen LogP contribution in [0.3, 0.4) is 0 Å². The lowest BCUT2D eigenvalue weighted by Crippen LogP contribution is -2.45. The van der Waals surface area contributed by atoms with Crippen LogP contribution in [0.5, 0.6) is 0 Å². The summed E-state index contributed by atoms with van der Waals surface area (Å²) >= 11 is 0. The van der Waals surface area contributed by atoms with E-state index in [0.29, 0.717) is 38.8 Å². The second-order valence-electron chi connectivity index (χ2n) is 4.72. The van der Waals surface area contributed by atoms with Crippen molar-refractivity contribution in [3.8, 4) is 0 Å². The lowest BCUT2D eigenvalue weighted by atomic mass is 10.1. The van der Waals surface area contributed by atoms with Gasteiger partial charge in [0.25, 0.3) is 0 Å². The van der Waals surface area contributed by atoms with E-state index in [-0.39, 0.29) is 0 Å². The monoisotopic (exact) mass is 274 g/mol. The molecule has 0 spiro atoms. The van der Waals surface area contributed by atoms with E-state index < -0.39 is 11.8 Å². The molecule has 0 atom stereocenters. The van der Waals surface area contributed by atoms with Crippen molar-refractivity contribution < 1.29 is 19.1 Å². The molecule has 0 aliphatic heterocycles. The number of carbonyl (C=O) groups is 2. The second-order valence-corrected chi connectivity index (χ2v) is 4.72. The topological polar surface area (TPSA) is 67.9 Å². The van der Waals surface area contributed by atoms with Crippen molar-refractivity contribution in [3.63, 3.8) is 0 Å². The van der Waals surface area contributed by atoms with Crippen LogP contribution < -0.4 is 5.32 Å². The van der Waals surface area contributed by atoms with Gasteiger partial charge in [0.1, 0.15) is 0 Å². The largest absolute Gasteiger partial charge is 0.383 e. The molecule has 0 rings (SSSR count). The minimum atomic E-state index is -0.562. The Bertz CT molecular complexity index is 261. The fourth-order valence-corrected chi connectivity index (χ4v) is 1.41. The molecule has 0 aliphatic rings. The fourth-order valence-electron chi connectivity index (χ4n) is 1.41. The van der Waals surface area contributed by atoms with Gasteiger partial charge in [-0.15, -0.1) is 0 Å². The number of nitrogens with one attached hydrogen (secondary N) is 1. The molecule has 0 radical (unpaired) electrons. The Labute approximate surface area is 115 Å². The summed E-state index contributed by atoms with van der Waals surface area (Å²) in [5.41, 5.74) is 0. The molecular weight excluding hydrogens is 248 g/mol. The minimum absolute atomic E-state index is 0.385. The summed E-state index contributed by atoms with van der Waals surface area (Å²) in [5, 5.41) is 2.64. The van der Waals surface area contributed by atoms with Crippen LogP contribution in [-0.4, -0.2) is 63.8 Å². The number of amides is 2. The van der Waals surface area contributed by atoms with Gasteiger partial charge in [-0.05, 0) is 12.3 Å². The molecule has 0 aromatic carbocycles. The molecule has 112 valence electrons. The molecule has 0 fully saturated rings. The maximum absolute atomic E-state index is 11.9. The number of nitrogens with zero attached hydrogens (tertiary/aromatic N) is 1. The standard InChI is InChI=1S/C13H26N2O4/c1-11(2)5-6-14-12(16)13(17)15(7-9-18-3)8-10-19-4/h11H,5-10H2,1-4H3,(H,14,16). The van der Waals surface area contributed by atoms with E-state index >= 15 is 0 Å². The highest BCUT2D eigenvalue weighted by Gasteiger charge is 2.20. The van der Waals surface area contributed by atoms with Crippen LogP contribution in [0.4, 0.5) is 0 Å². The van der Waals surface area contributed by atoms with Crippen molar-refractivity contribution >= 4 is 11.8 Å². The zero-order chi connectivity index (χ0) is 14.7. The van der Waals surface area contributed by atoms with Crippen LogP contribution >= 0.6 is 0 Å². The average Bonchev–Trinajstić information content (AvgIpc) is 2.37. The summed E-state index contributed by atoms with van der Waals surface area (Å²) in [4.78, 5) is 25.1. The van der Waals surface area contributed by atoms with E-state index in [9.17, 15) is 9.59 Å². The van der Waals surface area contributed by atoms with Gasteiger partial charge in [0.05, 0.1) is 13.2 Å². The minimum Gasteiger partial charge on any atom is -0.383 e. The first kappa shape index (κ1) is 17.9. The Kier molecular flexibility index (Phi) is 10.1. The average molecular weight is 274 g/mol. The summed E-state index contributed by atoms with van der Waals surface area (Å²) < 4.78 is 9.86. The van der Waals surface area contributed by atoms with Crippen LogP contribution in [0.2, 0.25) is 0 Å². The second kappa shape index (κ2) is 10.8. The van der Waals surface area contributed by atoms with Crippen molar-refractivity contribution in [2.45, 2.75) is 20.3 Å². The van der Waals surface area contributed by atoms with Gasteiger partial charge in [-0.25, -0.2) is 0 Å². The summed E-state index contributed by atoms with van der Waals surface area (Å²) in [6.45, 7) is 6.22. The molecule has 0 unspecified atom stereocenters. The molecule has 0 saturated carbocycles. The Morgan fingerprint density at radius 1 is 1.11 bits per heavy atom. The smallest absolute Gasteiger partial charge is 0.312 e. The molecule has 0 aromatic rings. The van der Waals surface area contributed by atoms with Crippen molar-refractivity contribution in [2.24, 2.45) is 5.92 Å². The Morgan fingerprint density at radius 3 is 2.05 bits per heavy atom. The molecule has 6 nitrogen and oxygen atoms in total. The molecule has 19 heavy (non-hydrogen) atoms. The SMILES string of the molecule is COCCN(CCOC)C(=O)C(=O)NCCC(C)C. The van der Waals surface area contributed by atoms with Crippen LogP contribution in [-0.2, 0) is 19.1 Å². The van der Waals surface area contributed by atoms with Crippen LogP contribution in [0.25, 0.3) is 0 Å². The third-order valence-corrected chi connectivity index (χ3v) is 2.62. The first-order chi connectivity index (χ1) is 9.02. The number of carbonyl (C=O) groups excluding carboxylic acids is 2. The van der Waals surface area contributed by atoms with Gasteiger partial charge in [-0.2, -0.15) is 0 Å². The molecule has 1 N–H and O–H groups in total. The molecule has 2 amide bonds. The maximum Gasteiger partial charge on any atom is 0.312 e. The predicted octanol–water partition coefficient (Wildman–Crippen LogP) is 0.270. The molecule has 0 aromatic heterocycles. The summed E-state index contributed by atoms with van der Waals surface area (Å²) in [6.07, 6.45) is 0.856. The highest BCUT2D eigenvalue weighted by molar-refractivity contribution is 6.35. The van der Waals surface area contributed by atoms with Crippen molar-refractivity contribution in [2.75, 3.05) is 47.1 Å². The molecule has 0 heterocycles. The molecular formula is C13H26N2O4. The molecule has 0 bridgehead atoms. The number of methoxy groups -OCH3 is 2. The third-order valence-electron chi connectivity index (χ3n) is 2.62. The number of hydrogen-bond donors (Lipinski definition) is 1. The van der Waals surface area contributed by atoms with Gasteiger partial charge in [0, 0.05) is 33.9 Å². The van der Waals surface area contributed by atoms with Crippen LogP contribution in [0.15, 0.2) is 0 Å². The highest BCUT2D eigenvalue weighted by Crippen LogP contribution is 1.97. The van der Waals surface area contributed by atoms with Crippen molar-refractivity contribution in [1.29, 1.82) is 0 Å². The molecule has 6 heteroatoms. The van der Waals surface area contributed by atoms with Gasteiger partial charge >= 0.3 is 11.8 Å². The van der Waals surface area contributed by atoms with E-state index in [1.54, 1.807) is 14.2 Å². The van der Waals surface area contributed by atoms with E-state index in [2.05, 4.69) is 19.2 Å². The van der Waals surface area contributed by atoms with Gasteiger partial charge in [0.15, 0.2) is 0 Å².